The van der Waals surface area contributed by atoms with Gasteiger partial charge in [-0.15, -0.1) is 0 Å². The van der Waals surface area contributed by atoms with E-state index in [1.165, 1.54) is 54.8 Å². The predicted molar refractivity (Wildman–Crippen MR) is 60.1 cm³/mol. The Kier molecular flexibility index (Phi) is 2.32. The van der Waals surface area contributed by atoms with E-state index >= 15 is 0 Å². The van der Waals surface area contributed by atoms with Crippen LogP contribution in [0.2, 0.25) is 0 Å². The Hall–Kier alpha value is -0.760. The second-order valence-corrected chi connectivity index (χ2v) is 4.87. The first-order valence-corrected chi connectivity index (χ1v) is 6.23. The molecule has 82 valence electrons. The molecule has 0 saturated heterocycles. The lowest BCUT2D eigenvalue weighted by molar-refractivity contribution is 0.443. The highest BCUT2D eigenvalue weighted by Gasteiger charge is 2.32. The molecule has 2 aliphatic rings. The number of furan rings is 1. The van der Waals surface area contributed by atoms with Gasteiger partial charge >= 0.3 is 0 Å². The van der Waals surface area contributed by atoms with Crippen LogP contribution in [-0.4, -0.2) is 6.54 Å². The van der Waals surface area contributed by atoms with Gasteiger partial charge < -0.3 is 10.2 Å². The molecule has 15 heavy (non-hydrogen) atoms. The molecule has 0 amide bonds. The minimum absolute atomic E-state index is 0.733. The van der Waals surface area contributed by atoms with Gasteiger partial charge in [0.25, 0.3) is 0 Å². The van der Waals surface area contributed by atoms with E-state index in [9.17, 15) is 0 Å². The largest absolute Gasteiger partial charge is 0.465 e. The van der Waals surface area contributed by atoms with Crippen LogP contribution >= 0.6 is 0 Å². The van der Waals surface area contributed by atoms with Crippen LogP contribution in [0, 0.1) is 0 Å². The summed E-state index contributed by atoms with van der Waals surface area (Å²) in [6.45, 7) is 0.756. The molecule has 0 bridgehead atoms. The highest BCUT2D eigenvalue weighted by molar-refractivity contribution is 5.38. The third kappa shape index (κ3) is 1.61. The molecule has 1 saturated carbocycles. The lowest BCUT2D eigenvalue weighted by atomic mass is 9.93. The molecule has 3 rings (SSSR count). The third-order valence-electron chi connectivity index (χ3n) is 3.65. The molecular formula is C13H19NO. The second kappa shape index (κ2) is 3.67. The lowest BCUT2D eigenvalue weighted by Gasteiger charge is -2.10. The first-order valence-electron chi connectivity index (χ1n) is 6.23. The van der Waals surface area contributed by atoms with Crippen molar-refractivity contribution in [2.75, 3.05) is 6.54 Å². The van der Waals surface area contributed by atoms with Crippen molar-refractivity contribution in [3.8, 4) is 0 Å². The molecule has 1 aromatic rings. The van der Waals surface area contributed by atoms with Crippen molar-refractivity contribution in [3.05, 3.63) is 22.6 Å². The molecule has 2 nitrogen and oxygen atoms in total. The van der Waals surface area contributed by atoms with E-state index in [-0.39, 0.29) is 0 Å². The van der Waals surface area contributed by atoms with Crippen LogP contribution < -0.4 is 5.73 Å². The second-order valence-electron chi connectivity index (χ2n) is 4.87. The lowest BCUT2D eigenvalue weighted by Crippen LogP contribution is -2.07. The normalized spacial score (nSPS) is 20.3. The summed E-state index contributed by atoms with van der Waals surface area (Å²) in [5.41, 5.74) is 8.70. The summed E-state index contributed by atoms with van der Waals surface area (Å²) in [4.78, 5) is 0. The van der Waals surface area contributed by atoms with Crippen molar-refractivity contribution in [2.24, 2.45) is 5.73 Å². The molecule has 1 aromatic heterocycles. The first-order chi connectivity index (χ1) is 7.40. The van der Waals surface area contributed by atoms with Crippen LogP contribution in [0.5, 0.6) is 0 Å². The monoisotopic (exact) mass is 205 g/mol. The van der Waals surface area contributed by atoms with Gasteiger partial charge in [-0.25, -0.2) is 0 Å². The molecule has 0 unspecified atom stereocenters. The third-order valence-corrected chi connectivity index (χ3v) is 3.65. The van der Waals surface area contributed by atoms with Crippen molar-refractivity contribution in [1.82, 2.24) is 0 Å². The summed E-state index contributed by atoms with van der Waals surface area (Å²) in [6, 6.07) is 0. The SMILES string of the molecule is NCCc1c(C2CC2)oc2c1CCCC2. The zero-order chi connectivity index (χ0) is 10.3. The average molecular weight is 205 g/mol. The number of hydrogen-bond donors (Lipinski definition) is 1. The summed E-state index contributed by atoms with van der Waals surface area (Å²) in [5, 5.41) is 0. The van der Waals surface area contributed by atoms with Crippen LogP contribution in [0.4, 0.5) is 0 Å². The molecule has 0 atom stereocenters. The summed E-state index contributed by atoms with van der Waals surface area (Å²) >= 11 is 0. The average Bonchev–Trinajstić information content (AvgIpc) is 3.04. The van der Waals surface area contributed by atoms with Crippen LogP contribution in [0.15, 0.2) is 4.42 Å². The minimum atomic E-state index is 0.733. The zero-order valence-corrected chi connectivity index (χ0v) is 9.22. The van der Waals surface area contributed by atoms with Gasteiger partial charge in [-0.1, -0.05) is 0 Å². The van der Waals surface area contributed by atoms with E-state index in [0.717, 1.165) is 25.3 Å². The Labute approximate surface area is 90.8 Å². The fraction of sp³-hybridized carbons (Fsp3) is 0.692. The summed E-state index contributed by atoms with van der Waals surface area (Å²) in [5.74, 6) is 3.32. The Morgan fingerprint density at radius 1 is 1.20 bits per heavy atom. The van der Waals surface area contributed by atoms with Gasteiger partial charge in [0.2, 0.25) is 0 Å². The predicted octanol–water partition coefficient (Wildman–Crippen LogP) is 2.54. The Balaban J connectivity index is 2.01. The summed E-state index contributed by atoms with van der Waals surface area (Å²) in [6.07, 6.45) is 8.67. The van der Waals surface area contributed by atoms with E-state index in [1.807, 2.05) is 0 Å². The minimum Gasteiger partial charge on any atom is -0.465 e. The van der Waals surface area contributed by atoms with Gasteiger partial charge in [0.15, 0.2) is 0 Å². The maximum absolute atomic E-state index is 6.06. The molecular weight excluding hydrogens is 186 g/mol. The molecule has 0 radical (unpaired) electrons. The Morgan fingerprint density at radius 2 is 2.00 bits per heavy atom. The standard InChI is InChI=1S/C13H19NO/c14-8-7-11-10-3-1-2-4-12(10)15-13(11)9-5-6-9/h9H,1-8,14H2. The maximum atomic E-state index is 6.06. The van der Waals surface area contributed by atoms with E-state index < -0.39 is 0 Å². The number of aryl methyl sites for hydroxylation is 1. The van der Waals surface area contributed by atoms with Crippen LogP contribution in [0.25, 0.3) is 0 Å². The molecule has 2 aliphatic carbocycles. The number of fused-ring (bicyclic) bond motifs is 1. The molecule has 1 fully saturated rings. The highest BCUT2D eigenvalue weighted by atomic mass is 16.3. The Morgan fingerprint density at radius 3 is 2.73 bits per heavy atom. The van der Waals surface area contributed by atoms with E-state index in [4.69, 9.17) is 10.2 Å². The van der Waals surface area contributed by atoms with Gasteiger partial charge in [0, 0.05) is 12.3 Å². The van der Waals surface area contributed by atoms with Gasteiger partial charge in [0.1, 0.15) is 11.5 Å². The van der Waals surface area contributed by atoms with Crippen molar-refractivity contribution in [3.63, 3.8) is 0 Å². The maximum Gasteiger partial charge on any atom is 0.110 e. The quantitative estimate of drug-likeness (QED) is 0.823. The Bertz CT molecular complexity index is 363. The van der Waals surface area contributed by atoms with Gasteiger partial charge in [-0.05, 0) is 56.2 Å². The fourth-order valence-corrected chi connectivity index (χ4v) is 2.75. The van der Waals surface area contributed by atoms with Crippen molar-refractivity contribution in [1.29, 1.82) is 0 Å². The fourth-order valence-electron chi connectivity index (χ4n) is 2.75. The molecule has 0 spiro atoms. The van der Waals surface area contributed by atoms with E-state index in [2.05, 4.69) is 0 Å². The molecule has 2 N–H and O–H groups in total. The number of nitrogens with two attached hydrogens (primary N) is 1. The molecule has 2 heteroatoms. The molecule has 0 aromatic carbocycles. The summed E-state index contributed by atoms with van der Waals surface area (Å²) < 4.78 is 6.06. The topological polar surface area (TPSA) is 39.2 Å². The van der Waals surface area contributed by atoms with Crippen LogP contribution in [-0.2, 0) is 19.3 Å². The summed E-state index contributed by atoms with van der Waals surface area (Å²) in [7, 11) is 0. The van der Waals surface area contributed by atoms with Gasteiger partial charge in [-0.3, -0.25) is 0 Å². The van der Waals surface area contributed by atoms with Gasteiger partial charge in [-0.2, -0.15) is 0 Å². The molecule has 1 heterocycles. The zero-order valence-electron chi connectivity index (χ0n) is 9.22. The number of hydrogen-bond acceptors (Lipinski definition) is 2. The van der Waals surface area contributed by atoms with Crippen molar-refractivity contribution >= 4 is 0 Å². The van der Waals surface area contributed by atoms with E-state index in [1.54, 1.807) is 0 Å². The first kappa shape index (κ1) is 9.46. The van der Waals surface area contributed by atoms with Crippen LogP contribution in [0.3, 0.4) is 0 Å². The molecule has 0 aliphatic heterocycles. The smallest absolute Gasteiger partial charge is 0.110 e. The van der Waals surface area contributed by atoms with Crippen molar-refractivity contribution < 1.29 is 4.42 Å². The van der Waals surface area contributed by atoms with Gasteiger partial charge in [0.05, 0.1) is 0 Å². The van der Waals surface area contributed by atoms with E-state index in [0.29, 0.717) is 0 Å². The number of rotatable bonds is 3. The highest BCUT2D eigenvalue weighted by Crippen LogP contribution is 2.45. The van der Waals surface area contributed by atoms with Crippen LogP contribution in [0.1, 0.15) is 54.2 Å². The van der Waals surface area contributed by atoms with Crippen molar-refractivity contribution in [2.45, 2.75) is 50.9 Å².